The van der Waals surface area contributed by atoms with Crippen LogP contribution in [0.15, 0.2) is 30.3 Å². The van der Waals surface area contributed by atoms with E-state index < -0.39 is 9.84 Å². The molecule has 0 aliphatic carbocycles. The lowest BCUT2D eigenvalue weighted by Crippen LogP contribution is -2.42. The number of hydrogen-bond donors (Lipinski definition) is 0. The topological polar surface area (TPSA) is 54.5 Å². The first kappa shape index (κ1) is 17.0. The van der Waals surface area contributed by atoms with Crippen LogP contribution in [-0.4, -0.2) is 43.8 Å². The van der Waals surface area contributed by atoms with Crippen LogP contribution >= 0.6 is 0 Å². The molecule has 0 N–H and O–H groups in total. The zero-order valence-electron chi connectivity index (χ0n) is 13.2. The molecule has 122 valence electrons. The molecule has 0 spiro atoms. The zero-order valence-corrected chi connectivity index (χ0v) is 14.0. The Morgan fingerprint density at radius 1 is 1.27 bits per heavy atom. The van der Waals surface area contributed by atoms with Crippen molar-refractivity contribution in [1.29, 1.82) is 0 Å². The Morgan fingerprint density at radius 2 is 2.00 bits per heavy atom. The molecule has 1 atom stereocenters. The summed E-state index contributed by atoms with van der Waals surface area (Å²) >= 11 is 0. The number of benzene rings is 1. The number of aryl methyl sites for hydroxylation is 1. The predicted molar refractivity (Wildman–Crippen MR) is 88.4 cm³/mol. The average molecular weight is 323 g/mol. The van der Waals surface area contributed by atoms with E-state index in [2.05, 4.69) is 6.92 Å². The lowest BCUT2D eigenvalue weighted by atomic mass is 10.0. The Balaban J connectivity index is 1.79. The van der Waals surface area contributed by atoms with E-state index in [9.17, 15) is 13.2 Å². The number of rotatable bonds is 6. The highest BCUT2D eigenvalue weighted by Gasteiger charge is 2.25. The Labute approximate surface area is 133 Å². The third-order valence-corrected chi connectivity index (χ3v) is 5.71. The monoisotopic (exact) mass is 323 g/mol. The van der Waals surface area contributed by atoms with Crippen molar-refractivity contribution in [3.63, 3.8) is 0 Å². The normalized spacial score (nSPS) is 19.1. The number of piperidine rings is 1. The van der Waals surface area contributed by atoms with Gasteiger partial charge >= 0.3 is 0 Å². The van der Waals surface area contributed by atoms with Gasteiger partial charge in [0.15, 0.2) is 9.84 Å². The Hall–Kier alpha value is -1.36. The highest BCUT2D eigenvalue weighted by atomic mass is 32.2. The minimum absolute atomic E-state index is 0.0804. The van der Waals surface area contributed by atoms with Crippen molar-refractivity contribution >= 4 is 15.7 Å². The van der Waals surface area contributed by atoms with Gasteiger partial charge in [-0.05, 0) is 37.2 Å². The predicted octanol–water partition coefficient (Wildman–Crippen LogP) is 2.29. The first-order valence-electron chi connectivity index (χ1n) is 7.98. The van der Waals surface area contributed by atoms with Crippen LogP contribution in [0.1, 0.15) is 31.7 Å². The van der Waals surface area contributed by atoms with Gasteiger partial charge in [-0.15, -0.1) is 0 Å². The first-order valence-corrected chi connectivity index (χ1v) is 9.80. The molecule has 1 fully saturated rings. The second-order valence-electron chi connectivity index (χ2n) is 6.27. The molecule has 0 bridgehead atoms. The average Bonchev–Trinajstić information content (AvgIpc) is 2.47. The molecule has 1 aromatic rings. The van der Waals surface area contributed by atoms with Gasteiger partial charge in [-0.2, -0.15) is 0 Å². The van der Waals surface area contributed by atoms with Gasteiger partial charge in [0.1, 0.15) is 5.75 Å². The van der Waals surface area contributed by atoms with Crippen molar-refractivity contribution in [2.75, 3.05) is 24.6 Å². The SMILES string of the molecule is CC1CCCN(C(=O)CS(=O)(=O)CCCc2ccccc2)C1. The van der Waals surface area contributed by atoms with Gasteiger partial charge in [-0.25, -0.2) is 8.42 Å². The molecule has 22 heavy (non-hydrogen) atoms. The van der Waals surface area contributed by atoms with Crippen molar-refractivity contribution in [3.05, 3.63) is 35.9 Å². The highest BCUT2D eigenvalue weighted by Crippen LogP contribution is 2.16. The number of hydrogen-bond acceptors (Lipinski definition) is 3. The molecular formula is C17H25NO3S. The third-order valence-electron chi connectivity index (χ3n) is 4.12. The maximum Gasteiger partial charge on any atom is 0.237 e. The summed E-state index contributed by atoms with van der Waals surface area (Å²) in [6, 6.07) is 9.83. The van der Waals surface area contributed by atoms with Crippen molar-refractivity contribution < 1.29 is 13.2 Å². The van der Waals surface area contributed by atoms with Gasteiger partial charge in [0.25, 0.3) is 0 Å². The van der Waals surface area contributed by atoms with Gasteiger partial charge in [0, 0.05) is 13.1 Å². The van der Waals surface area contributed by atoms with Crippen molar-refractivity contribution in [2.45, 2.75) is 32.6 Å². The maximum absolute atomic E-state index is 12.1. The molecule has 1 aliphatic rings. The summed E-state index contributed by atoms with van der Waals surface area (Å²) in [7, 11) is -3.31. The highest BCUT2D eigenvalue weighted by molar-refractivity contribution is 7.92. The summed E-state index contributed by atoms with van der Waals surface area (Å²) in [5.41, 5.74) is 1.13. The Bertz CT molecular complexity index is 583. The van der Waals surface area contributed by atoms with Gasteiger partial charge < -0.3 is 4.90 Å². The van der Waals surface area contributed by atoms with E-state index in [1.165, 1.54) is 0 Å². The molecule has 1 aromatic carbocycles. The van der Waals surface area contributed by atoms with Crippen LogP contribution in [0.5, 0.6) is 0 Å². The summed E-state index contributed by atoms with van der Waals surface area (Å²) in [5, 5.41) is 0. The van der Waals surface area contributed by atoms with Crippen molar-refractivity contribution in [1.82, 2.24) is 4.90 Å². The molecule has 5 heteroatoms. The fraction of sp³-hybridized carbons (Fsp3) is 0.588. The molecule has 4 nitrogen and oxygen atoms in total. The molecule has 1 amide bonds. The molecular weight excluding hydrogens is 298 g/mol. The molecule has 1 unspecified atom stereocenters. The molecule has 0 radical (unpaired) electrons. The van der Waals surface area contributed by atoms with E-state index >= 15 is 0 Å². The number of amides is 1. The fourth-order valence-corrected chi connectivity index (χ4v) is 4.20. The summed E-state index contributed by atoms with van der Waals surface area (Å²) in [5.74, 6) is -0.0179. The largest absolute Gasteiger partial charge is 0.342 e. The molecule has 1 aliphatic heterocycles. The smallest absolute Gasteiger partial charge is 0.237 e. The lowest BCUT2D eigenvalue weighted by Gasteiger charge is -2.30. The number of likely N-dealkylation sites (tertiary alicyclic amines) is 1. The number of carbonyl (C=O) groups excluding carboxylic acids is 1. The molecule has 1 heterocycles. The van der Waals surface area contributed by atoms with Crippen LogP contribution in [0.3, 0.4) is 0 Å². The summed E-state index contributed by atoms with van der Waals surface area (Å²) in [4.78, 5) is 13.9. The van der Waals surface area contributed by atoms with Crippen LogP contribution < -0.4 is 0 Å². The van der Waals surface area contributed by atoms with E-state index in [0.717, 1.165) is 24.8 Å². The maximum atomic E-state index is 12.1. The molecule has 2 rings (SSSR count). The van der Waals surface area contributed by atoms with E-state index in [4.69, 9.17) is 0 Å². The molecule has 0 aromatic heterocycles. The standard InChI is InChI=1S/C17H25NO3S/c1-15-7-5-11-18(13-15)17(19)14-22(20,21)12-6-10-16-8-3-2-4-9-16/h2-4,8-9,15H,5-7,10-14H2,1H3. The minimum Gasteiger partial charge on any atom is -0.342 e. The Kier molecular flexibility index (Phi) is 6.00. The van der Waals surface area contributed by atoms with Crippen LogP contribution in [0.4, 0.5) is 0 Å². The van der Waals surface area contributed by atoms with Crippen LogP contribution in [-0.2, 0) is 21.1 Å². The van der Waals surface area contributed by atoms with Gasteiger partial charge in [0.2, 0.25) is 5.91 Å². The number of sulfone groups is 1. The second kappa shape index (κ2) is 7.77. The van der Waals surface area contributed by atoms with Crippen molar-refractivity contribution in [3.8, 4) is 0 Å². The van der Waals surface area contributed by atoms with Gasteiger partial charge in [0.05, 0.1) is 5.75 Å². The molecule has 1 saturated heterocycles. The lowest BCUT2D eigenvalue weighted by molar-refractivity contribution is -0.130. The summed E-state index contributed by atoms with van der Waals surface area (Å²) in [6.07, 6.45) is 3.39. The number of nitrogens with zero attached hydrogens (tertiary/aromatic N) is 1. The van der Waals surface area contributed by atoms with Crippen LogP contribution in [0, 0.1) is 5.92 Å². The van der Waals surface area contributed by atoms with E-state index in [1.54, 1.807) is 4.90 Å². The van der Waals surface area contributed by atoms with E-state index in [1.807, 2.05) is 30.3 Å². The van der Waals surface area contributed by atoms with Crippen LogP contribution in [0.25, 0.3) is 0 Å². The first-order chi connectivity index (χ1) is 10.5. The zero-order chi connectivity index (χ0) is 16.0. The van der Waals surface area contributed by atoms with E-state index in [-0.39, 0.29) is 17.4 Å². The van der Waals surface area contributed by atoms with E-state index in [0.29, 0.717) is 25.4 Å². The minimum atomic E-state index is -3.31. The van der Waals surface area contributed by atoms with Gasteiger partial charge in [-0.3, -0.25) is 4.79 Å². The fourth-order valence-electron chi connectivity index (χ4n) is 2.91. The summed E-state index contributed by atoms with van der Waals surface area (Å²) in [6.45, 7) is 3.49. The summed E-state index contributed by atoms with van der Waals surface area (Å²) < 4.78 is 24.2. The number of carbonyl (C=O) groups is 1. The second-order valence-corrected chi connectivity index (χ2v) is 8.45. The Morgan fingerprint density at radius 3 is 2.68 bits per heavy atom. The third kappa shape index (κ3) is 5.44. The van der Waals surface area contributed by atoms with Crippen LogP contribution in [0.2, 0.25) is 0 Å². The van der Waals surface area contributed by atoms with Crippen molar-refractivity contribution in [2.24, 2.45) is 5.92 Å². The molecule has 0 saturated carbocycles. The van der Waals surface area contributed by atoms with Gasteiger partial charge in [-0.1, -0.05) is 37.3 Å². The quantitative estimate of drug-likeness (QED) is 0.807.